The average molecular weight is 343 g/mol. The monoisotopic (exact) mass is 343 g/mol. The van der Waals surface area contributed by atoms with Crippen LogP contribution in [0.2, 0.25) is 0 Å². The maximum absolute atomic E-state index is 13.0. The highest BCUT2D eigenvalue weighted by molar-refractivity contribution is 5.77. The molecule has 1 aliphatic rings. The molecule has 0 N–H and O–H groups in total. The Morgan fingerprint density at radius 2 is 2.00 bits per heavy atom. The molecule has 0 bridgehead atoms. The van der Waals surface area contributed by atoms with E-state index in [9.17, 15) is 4.79 Å². The number of aromatic nitrogens is 4. The van der Waals surface area contributed by atoms with Gasteiger partial charge in [0.1, 0.15) is 0 Å². The summed E-state index contributed by atoms with van der Waals surface area (Å²) >= 11 is 0. The average Bonchev–Trinajstić information content (AvgIpc) is 3.19. The van der Waals surface area contributed by atoms with Crippen molar-refractivity contribution in [1.29, 1.82) is 0 Å². The summed E-state index contributed by atoms with van der Waals surface area (Å²) < 4.78 is 3.89. The van der Waals surface area contributed by atoms with Crippen LogP contribution < -0.4 is 0 Å². The van der Waals surface area contributed by atoms with Gasteiger partial charge in [-0.1, -0.05) is 0 Å². The SMILES string of the molecule is Cc1cc(C)n([C@@H](C)CC(=O)N2CCC[C@@H]2c2c(C)nn(C)c2C)n1. The molecule has 0 saturated carbocycles. The zero-order valence-corrected chi connectivity index (χ0v) is 16.2. The molecule has 2 aromatic rings. The lowest BCUT2D eigenvalue weighted by molar-refractivity contribution is -0.133. The van der Waals surface area contributed by atoms with Crippen molar-refractivity contribution in [3.63, 3.8) is 0 Å². The molecule has 1 aliphatic heterocycles. The standard InChI is InChI=1S/C19H29N5O/c1-12-10-13(2)24(20-12)14(3)11-18(25)23-9-7-8-17(23)19-15(4)21-22(6)16(19)5/h10,14,17H,7-9,11H2,1-6H3/t14-,17+/m0/s1. The smallest absolute Gasteiger partial charge is 0.225 e. The molecule has 25 heavy (non-hydrogen) atoms. The van der Waals surface area contributed by atoms with Gasteiger partial charge in [-0.05, 0) is 53.5 Å². The maximum atomic E-state index is 13.0. The number of carbonyl (C=O) groups is 1. The second kappa shape index (κ2) is 6.65. The zero-order valence-electron chi connectivity index (χ0n) is 16.2. The molecule has 6 heteroatoms. The molecule has 0 aliphatic carbocycles. The van der Waals surface area contributed by atoms with Gasteiger partial charge < -0.3 is 4.90 Å². The molecule has 3 rings (SSSR count). The highest BCUT2D eigenvalue weighted by atomic mass is 16.2. The molecule has 136 valence electrons. The summed E-state index contributed by atoms with van der Waals surface area (Å²) in [5.74, 6) is 0.213. The van der Waals surface area contributed by atoms with Gasteiger partial charge in [-0.3, -0.25) is 14.2 Å². The van der Waals surface area contributed by atoms with E-state index in [0.29, 0.717) is 6.42 Å². The molecule has 2 atom stereocenters. The van der Waals surface area contributed by atoms with Gasteiger partial charge in [0.15, 0.2) is 0 Å². The van der Waals surface area contributed by atoms with Crippen molar-refractivity contribution in [2.24, 2.45) is 7.05 Å². The minimum atomic E-state index is 0.0681. The Kier molecular flexibility index (Phi) is 4.71. The minimum absolute atomic E-state index is 0.0681. The fourth-order valence-electron chi connectivity index (χ4n) is 4.19. The van der Waals surface area contributed by atoms with E-state index >= 15 is 0 Å². The molecule has 1 saturated heterocycles. The van der Waals surface area contributed by atoms with E-state index in [1.165, 1.54) is 5.56 Å². The Morgan fingerprint density at radius 1 is 1.28 bits per heavy atom. The number of hydrogen-bond donors (Lipinski definition) is 0. The normalized spacial score (nSPS) is 18.8. The fourth-order valence-corrected chi connectivity index (χ4v) is 4.19. The van der Waals surface area contributed by atoms with E-state index in [1.807, 2.05) is 37.2 Å². The van der Waals surface area contributed by atoms with Gasteiger partial charge in [0, 0.05) is 37.0 Å². The van der Waals surface area contributed by atoms with Crippen LogP contribution in [0.15, 0.2) is 6.07 Å². The summed E-state index contributed by atoms with van der Waals surface area (Å²) in [6.07, 6.45) is 2.56. The molecule has 1 amide bonds. The molecule has 6 nitrogen and oxygen atoms in total. The summed E-state index contributed by atoms with van der Waals surface area (Å²) in [5.41, 5.74) is 5.53. The van der Waals surface area contributed by atoms with Crippen molar-refractivity contribution in [3.05, 3.63) is 34.4 Å². The molecule has 0 spiro atoms. The molecule has 0 radical (unpaired) electrons. The van der Waals surface area contributed by atoms with Gasteiger partial charge >= 0.3 is 0 Å². The van der Waals surface area contributed by atoms with Crippen molar-refractivity contribution in [3.8, 4) is 0 Å². The van der Waals surface area contributed by atoms with Crippen LogP contribution in [0.5, 0.6) is 0 Å². The quantitative estimate of drug-likeness (QED) is 0.857. The van der Waals surface area contributed by atoms with E-state index in [1.54, 1.807) is 0 Å². The predicted molar refractivity (Wildman–Crippen MR) is 97.4 cm³/mol. The van der Waals surface area contributed by atoms with Gasteiger partial charge in [0.05, 0.1) is 23.5 Å². The number of amides is 1. The zero-order chi connectivity index (χ0) is 18.3. The molecule has 0 unspecified atom stereocenters. The summed E-state index contributed by atoms with van der Waals surface area (Å²) in [6, 6.07) is 2.29. The predicted octanol–water partition coefficient (Wildman–Crippen LogP) is 3.17. The highest BCUT2D eigenvalue weighted by Crippen LogP contribution is 2.36. The number of likely N-dealkylation sites (tertiary alicyclic amines) is 1. The van der Waals surface area contributed by atoms with Crippen LogP contribution in [0.4, 0.5) is 0 Å². The van der Waals surface area contributed by atoms with Gasteiger partial charge in [0.25, 0.3) is 0 Å². The number of hydrogen-bond acceptors (Lipinski definition) is 3. The van der Waals surface area contributed by atoms with E-state index in [-0.39, 0.29) is 18.0 Å². The van der Waals surface area contributed by atoms with Gasteiger partial charge in [0.2, 0.25) is 5.91 Å². The van der Waals surface area contributed by atoms with Crippen molar-refractivity contribution >= 4 is 5.91 Å². The van der Waals surface area contributed by atoms with Crippen molar-refractivity contribution in [2.45, 2.75) is 66.0 Å². The van der Waals surface area contributed by atoms with Gasteiger partial charge in [-0.15, -0.1) is 0 Å². The molecular weight excluding hydrogens is 314 g/mol. The first-order valence-electron chi connectivity index (χ1n) is 9.12. The van der Waals surface area contributed by atoms with Crippen molar-refractivity contribution in [2.75, 3.05) is 6.54 Å². The van der Waals surface area contributed by atoms with E-state index in [2.05, 4.69) is 35.0 Å². The maximum Gasteiger partial charge on any atom is 0.225 e. The van der Waals surface area contributed by atoms with Crippen LogP contribution in [0.25, 0.3) is 0 Å². The third kappa shape index (κ3) is 3.22. The number of aryl methyl sites for hydroxylation is 4. The second-order valence-electron chi connectivity index (χ2n) is 7.38. The third-order valence-electron chi connectivity index (χ3n) is 5.40. The summed E-state index contributed by atoms with van der Waals surface area (Å²) in [7, 11) is 1.97. The van der Waals surface area contributed by atoms with Crippen LogP contribution in [-0.4, -0.2) is 36.9 Å². The molecule has 2 aromatic heterocycles. The van der Waals surface area contributed by atoms with Crippen molar-refractivity contribution in [1.82, 2.24) is 24.5 Å². The van der Waals surface area contributed by atoms with E-state index in [4.69, 9.17) is 0 Å². The summed E-state index contributed by atoms with van der Waals surface area (Å²) in [6.45, 7) is 11.1. The van der Waals surface area contributed by atoms with E-state index in [0.717, 1.165) is 42.2 Å². The minimum Gasteiger partial charge on any atom is -0.335 e. The Hall–Kier alpha value is -2.11. The largest absolute Gasteiger partial charge is 0.335 e. The van der Waals surface area contributed by atoms with Crippen LogP contribution in [0.1, 0.15) is 66.6 Å². The van der Waals surface area contributed by atoms with Crippen molar-refractivity contribution < 1.29 is 4.79 Å². The summed E-state index contributed by atoms with van der Waals surface area (Å²) in [5, 5.41) is 9.07. The Balaban J connectivity index is 1.78. The Bertz CT molecular complexity index is 788. The van der Waals surface area contributed by atoms with Crippen LogP contribution in [-0.2, 0) is 11.8 Å². The topological polar surface area (TPSA) is 56.0 Å². The number of carbonyl (C=O) groups excluding carboxylic acids is 1. The molecular formula is C19H29N5O. The Labute approximate surface area is 149 Å². The van der Waals surface area contributed by atoms with Crippen LogP contribution in [0.3, 0.4) is 0 Å². The molecule has 3 heterocycles. The first kappa shape index (κ1) is 17.7. The number of nitrogens with zero attached hydrogens (tertiary/aromatic N) is 5. The van der Waals surface area contributed by atoms with Gasteiger partial charge in [-0.25, -0.2) is 0 Å². The third-order valence-corrected chi connectivity index (χ3v) is 5.40. The van der Waals surface area contributed by atoms with E-state index < -0.39 is 0 Å². The van der Waals surface area contributed by atoms with Crippen LogP contribution >= 0.6 is 0 Å². The fraction of sp³-hybridized carbons (Fsp3) is 0.632. The molecule has 0 aromatic carbocycles. The molecule has 1 fully saturated rings. The highest BCUT2D eigenvalue weighted by Gasteiger charge is 2.34. The Morgan fingerprint density at radius 3 is 2.56 bits per heavy atom. The number of rotatable bonds is 4. The second-order valence-corrected chi connectivity index (χ2v) is 7.38. The van der Waals surface area contributed by atoms with Crippen LogP contribution in [0, 0.1) is 27.7 Å². The lowest BCUT2D eigenvalue weighted by Gasteiger charge is -2.27. The first-order valence-corrected chi connectivity index (χ1v) is 9.12. The van der Waals surface area contributed by atoms with Gasteiger partial charge in [-0.2, -0.15) is 10.2 Å². The lowest BCUT2D eigenvalue weighted by atomic mass is 10.0. The first-order chi connectivity index (χ1) is 11.8. The summed E-state index contributed by atoms with van der Waals surface area (Å²) in [4.78, 5) is 15.1. The lowest BCUT2D eigenvalue weighted by Crippen LogP contribution is -2.32.